The van der Waals surface area contributed by atoms with Crippen LogP contribution in [-0.2, 0) is 35.5 Å². The summed E-state index contributed by atoms with van der Waals surface area (Å²) in [6, 6.07) is 6.32. The molecule has 2 atom stereocenters. The van der Waals surface area contributed by atoms with Crippen LogP contribution < -0.4 is 10.6 Å². The molecule has 3 aliphatic rings. The lowest BCUT2D eigenvalue weighted by Gasteiger charge is -2.14. The van der Waals surface area contributed by atoms with E-state index in [0.29, 0.717) is 49.7 Å². The van der Waals surface area contributed by atoms with Gasteiger partial charge in [-0.1, -0.05) is 17.3 Å². The molecule has 2 aromatic rings. The first-order valence-electron chi connectivity index (χ1n) is 12.7. The molecule has 204 valence electrons. The number of benzene rings is 1. The number of oxime groups is 1. The maximum absolute atomic E-state index is 13.3. The minimum absolute atomic E-state index is 0.0271. The third-order valence-corrected chi connectivity index (χ3v) is 9.82. The zero-order valence-corrected chi connectivity index (χ0v) is 22.7. The van der Waals surface area contributed by atoms with Crippen LogP contribution in [0.3, 0.4) is 0 Å². The van der Waals surface area contributed by atoms with Crippen molar-refractivity contribution in [1.29, 1.82) is 0 Å². The summed E-state index contributed by atoms with van der Waals surface area (Å²) in [5.74, 6) is -0.532. The Morgan fingerprint density at radius 2 is 2.00 bits per heavy atom. The summed E-state index contributed by atoms with van der Waals surface area (Å²) >= 11 is 1.37. The number of hydrogen-bond acceptors (Lipinski definition) is 10. The van der Waals surface area contributed by atoms with Gasteiger partial charge in [0.2, 0.25) is 5.91 Å². The Morgan fingerprint density at radius 3 is 2.68 bits per heavy atom. The molecule has 0 unspecified atom stereocenters. The van der Waals surface area contributed by atoms with Crippen molar-refractivity contribution in [3.63, 3.8) is 0 Å². The van der Waals surface area contributed by atoms with Crippen LogP contribution in [0, 0.1) is 0 Å². The Labute approximate surface area is 225 Å². The van der Waals surface area contributed by atoms with Gasteiger partial charge in [-0.25, -0.2) is 13.4 Å². The predicted octanol–water partition coefficient (Wildman–Crippen LogP) is 1.94. The molecule has 1 aromatic carbocycles. The highest BCUT2D eigenvalue weighted by molar-refractivity contribution is 7.92. The average Bonchev–Trinajstić information content (AvgIpc) is 3.22. The van der Waals surface area contributed by atoms with Gasteiger partial charge in [0, 0.05) is 55.7 Å². The van der Waals surface area contributed by atoms with E-state index in [0.717, 1.165) is 24.4 Å². The largest absolute Gasteiger partial charge is 0.389 e. The number of carbonyl (C=O) groups excluding carboxylic acids is 2. The van der Waals surface area contributed by atoms with E-state index in [1.54, 1.807) is 18.3 Å². The lowest BCUT2D eigenvalue weighted by atomic mass is 10.1. The summed E-state index contributed by atoms with van der Waals surface area (Å²) in [5.41, 5.74) is 0.468. The molecular formula is C25H31N5O6S2. The van der Waals surface area contributed by atoms with Crippen LogP contribution >= 0.6 is 11.3 Å². The number of carbonyl (C=O) groups is 2. The minimum Gasteiger partial charge on any atom is -0.389 e. The summed E-state index contributed by atoms with van der Waals surface area (Å²) in [6.07, 6.45) is 4.41. The van der Waals surface area contributed by atoms with Crippen molar-refractivity contribution in [1.82, 2.24) is 15.2 Å². The molecule has 0 radical (unpaired) electrons. The van der Waals surface area contributed by atoms with Gasteiger partial charge in [-0.15, -0.1) is 11.3 Å². The van der Waals surface area contributed by atoms with Gasteiger partial charge < -0.3 is 14.9 Å². The van der Waals surface area contributed by atoms with E-state index in [1.807, 2.05) is 0 Å². The van der Waals surface area contributed by atoms with Gasteiger partial charge >= 0.3 is 0 Å². The van der Waals surface area contributed by atoms with Crippen molar-refractivity contribution in [2.75, 3.05) is 31.6 Å². The first-order chi connectivity index (χ1) is 18.3. The number of ether oxygens (including phenoxy) is 1. The van der Waals surface area contributed by atoms with Crippen molar-refractivity contribution < 1.29 is 27.6 Å². The molecule has 11 nitrogen and oxygen atoms in total. The zero-order chi connectivity index (χ0) is 26.7. The van der Waals surface area contributed by atoms with Crippen LogP contribution in [-0.4, -0.2) is 79.5 Å². The number of aromatic nitrogens is 1. The van der Waals surface area contributed by atoms with Crippen molar-refractivity contribution in [2.24, 2.45) is 5.16 Å². The number of anilines is 1. The number of amides is 2. The molecule has 2 aliphatic heterocycles. The zero-order valence-electron chi connectivity index (χ0n) is 21.1. The normalized spacial score (nSPS) is 22.4. The van der Waals surface area contributed by atoms with Gasteiger partial charge in [0.25, 0.3) is 5.91 Å². The van der Waals surface area contributed by atoms with Gasteiger partial charge in [0.15, 0.2) is 26.8 Å². The molecule has 2 saturated heterocycles. The van der Waals surface area contributed by atoms with E-state index >= 15 is 0 Å². The second-order valence-electron chi connectivity index (χ2n) is 9.81. The third-order valence-electron chi connectivity index (χ3n) is 6.65. The maximum Gasteiger partial charge on any atom is 0.280 e. The number of rotatable bonds is 10. The summed E-state index contributed by atoms with van der Waals surface area (Å²) in [5, 5.41) is 10.0. The number of likely N-dealkylation sites (tertiary alicyclic amines) is 1. The fraction of sp³-hybridized carbons (Fsp3) is 0.520. The number of nitrogens with one attached hydrogen (secondary N) is 2. The number of nitrogens with zero attached hydrogens (tertiary/aromatic N) is 3. The Kier molecular flexibility index (Phi) is 8.07. The summed E-state index contributed by atoms with van der Waals surface area (Å²) < 4.78 is 30.5. The summed E-state index contributed by atoms with van der Waals surface area (Å²) in [7, 11) is -3.34. The molecule has 1 aromatic heterocycles. The van der Waals surface area contributed by atoms with Gasteiger partial charge in [-0.05, 0) is 31.4 Å². The molecule has 38 heavy (non-hydrogen) atoms. The fourth-order valence-electron chi connectivity index (χ4n) is 4.52. The first kappa shape index (κ1) is 26.7. The van der Waals surface area contributed by atoms with E-state index in [4.69, 9.17) is 9.57 Å². The quantitative estimate of drug-likeness (QED) is 0.331. The second kappa shape index (κ2) is 11.5. The molecule has 0 spiro atoms. The van der Waals surface area contributed by atoms with Crippen molar-refractivity contribution >= 4 is 43.8 Å². The number of sulfone groups is 1. The molecule has 1 saturated carbocycles. The molecule has 2 amide bonds. The Balaban J connectivity index is 1.26. The second-order valence-corrected chi connectivity index (χ2v) is 13.2. The lowest BCUT2D eigenvalue weighted by molar-refractivity contribution is -0.119. The molecule has 1 aliphatic carbocycles. The monoisotopic (exact) mass is 561 g/mol. The van der Waals surface area contributed by atoms with Gasteiger partial charge in [0.1, 0.15) is 0 Å². The number of hydrogen-bond donors (Lipinski definition) is 2. The van der Waals surface area contributed by atoms with Crippen LogP contribution in [0.1, 0.15) is 43.0 Å². The van der Waals surface area contributed by atoms with Crippen molar-refractivity contribution in [3.05, 3.63) is 40.9 Å². The van der Waals surface area contributed by atoms with Gasteiger partial charge in [-0.2, -0.15) is 0 Å². The highest BCUT2D eigenvalue weighted by atomic mass is 32.2. The molecule has 3 fully saturated rings. The molecule has 0 bridgehead atoms. The Bertz CT molecular complexity index is 1300. The van der Waals surface area contributed by atoms with Crippen LogP contribution in [0.25, 0.3) is 0 Å². The first-order valence-corrected chi connectivity index (χ1v) is 15.1. The van der Waals surface area contributed by atoms with Gasteiger partial charge in [-0.3, -0.25) is 19.8 Å². The summed E-state index contributed by atoms with van der Waals surface area (Å²) in [4.78, 5) is 38.0. The van der Waals surface area contributed by atoms with Gasteiger partial charge in [0.05, 0.1) is 23.4 Å². The SMILES string of the molecule is CC(=O)N[C@H]1CCN(Cc2cnc(NC(=O)C(=NO[C@@H]3CCOC3)c3ccc(S(=O)(=O)C4CC4)cc3)s2)C1. The Hall–Kier alpha value is -2.87. The van der Waals surface area contributed by atoms with E-state index in [-0.39, 0.29) is 33.9 Å². The van der Waals surface area contributed by atoms with Crippen LogP contribution in [0.5, 0.6) is 0 Å². The highest BCUT2D eigenvalue weighted by Crippen LogP contribution is 2.33. The smallest absolute Gasteiger partial charge is 0.280 e. The summed E-state index contributed by atoms with van der Waals surface area (Å²) in [6.45, 7) is 4.80. The van der Waals surface area contributed by atoms with E-state index in [1.165, 1.54) is 30.4 Å². The Morgan fingerprint density at radius 1 is 1.21 bits per heavy atom. The standard InChI is InChI=1S/C25H31N5O6S2/c1-16(31)27-18-8-10-30(13-18)14-20-12-26-25(37-20)28-24(32)23(29-36-19-9-11-35-15-19)17-2-4-21(5-3-17)38(33,34)22-6-7-22/h2-5,12,18-19,22H,6-11,13-15H2,1H3,(H,27,31)(H,26,28,32)/t18-,19+/m0/s1. The average molecular weight is 562 g/mol. The minimum atomic E-state index is -3.34. The number of thiazole rings is 1. The van der Waals surface area contributed by atoms with E-state index in [9.17, 15) is 18.0 Å². The molecule has 2 N–H and O–H groups in total. The van der Waals surface area contributed by atoms with E-state index < -0.39 is 15.7 Å². The molecule has 13 heteroatoms. The van der Waals surface area contributed by atoms with Crippen LogP contribution in [0.15, 0.2) is 40.5 Å². The maximum atomic E-state index is 13.3. The molecule has 3 heterocycles. The van der Waals surface area contributed by atoms with E-state index in [2.05, 4.69) is 25.7 Å². The predicted molar refractivity (Wildman–Crippen MR) is 142 cm³/mol. The van der Waals surface area contributed by atoms with Crippen LogP contribution in [0.4, 0.5) is 5.13 Å². The lowest BCUT2D eigenvalue weighted by Crippen LogP contribution is -2.35. The fourth-order valence-corrected chi connectivity index (χ4v) is 7.03. The third kappa shape index (κ3) is 6.57. The topological polar surface area (TPSA) is 139 Å². The van der Waals surface area contributed by atoms with Crippen LogP contribution in [0.2, 0.25) is 0 Å². The van der Waals surface area contributed by atoms with Crippen molar-refractivity contribution in [2.45, 2.75) is 61.4 Å². The highest BCUT2D eigenvalue weighted by Gasteiger charge is 2.37. The molecule has 5 rings (SSSR count). The molecular weight excluding hydrogens is 530 g/mol. The van der Waals surface area contributed by atoms with Crippen molar-refractivity contribution in [3.8, 4) is 0 Å².